The van der Waals surface area contributed by atoms with Gasteiger partial charge in [-0.1, -0.05) is 35.3 Å². The smallest absolute Gasteiger partial charge is 0.387 e. The third kappa shape index (κ3) is 4.41. The van der Waals surface area contributed by atoms with Gasteiger partial charge < -0.3 is 4.74 Å². The molecule has 2 aromatic carbocycles. The van der Waals surface area contributed by atoms with Crippen molar-refractivity contribution in [2.24, 2.45) is 0 Å². The molecule has 0 saturated carbocycles. The lowest BCUT2D eigenvalue weighted by molar-refractivity contribution is -0.0498. The Morgan fingerprint density at radius 2 is 1.90 bits per heavy atom. The van der Waals surface area contributed by atoms with Gasteiger partial charge in [-0.25, -0.2) is 0 Å². The summed E-state index contributed by atoms with van der Waals surface area (Å²) in [4.78, 5) is 12.2. The topological polar surface area (TPSA) is 26.3 Å². The van der Waals surface area contributed by atoms with Gasteiger partial charge in [0.2, 0.25) is 0 Å². The zero-order chi connectivity index (χ0) is 15.4. The van der Waals surface area contributed by atoms with Gasteiger partial charge in [0.15, 0.2) is 5.78 Å². The number of carbonyl (C=O) groups excluding carboxylic acids is 1. The Morgan fingerprint density at radius 3 is 2.62 bits per heavy atom. The van der Waals surface area contributed by atoms with Gasteiger partial charge in [0.25, 0.3) is 0 Å². The molecule has 0 aromatic heterocycles. The molecule has 2 aromatic rings. The molecule has 0 aliphatic heterocycles. The van der Waals surface area contributed by atoms with Crippen LogP contribution in [0.3, 0.4) is 0 Å². The van der Waals surface area contributed by atoms with E-state index in [2.05, 4.69) is 4.74 Å². The summed E-state index contributed by atoms with van der Waals surface area (Å²) in [5.74, 6) is -0.327. The summed E-state index contributed by atoms with van der Waals surface area (Å²) in [5, 5.41) is 0.893. The Hall–Kier alpha value is -1.65. The van der Waals surface area contributed by atoms with E-state index < -0.39 is 6.61 Å². The zero-order valence-electron chi connectivity index (χ0n) is 10.7. The van der Waals surface area contributed by atoms with Gasteiger partial charge in [-0.15, -0.1) is 0 Å². The molecule has 0 aliphatic rings. The number of Topliss-reactive ketones (excluding diaryl/α,β-unsaturated/α-hetero) is 1. The van der Waals surface area contributed by atoms with Crippen LogP contribution in [0.5, 0.6) is 5.75 Å². The number of rotatable bonds is 5. The molecule has 0 unspecified atom stereocenters. The van der Waals surface area contributed by atoms with Crippen molar-refractivity contribution in [3.8, 4) is 5.75 Å². The monoisotopic (exact) mass is 330 g/mol. The average molecular weight is 331 g/mol. The largest absolute Gasteiger partial charge is 0.435 e. The van der Waals surface area contributed by atoms with Gasteiger partial charge >= 0.3 is 6.61 Å². The van der Waals surface area contributed by atoms with Crippen molar-refractivity contribution >= 4 is 29.0 Å². The first kappa shape index (κ1) is 15.7. The van der Waals surface area contributed by atoms with E-state index in [1.54, 1.807) is 18.2 Å². The molecule has 0 amide bonds. The first-order valence-corrected chi connectivity index (χ1v) is 6.73. The van der Waals surface area contributed by atoms with Crippen LogP contribution in [-0.2, 0) is 6.42 Å². The molecule has 0 atom stereocenters. The van der Waals surface area contributed by atoms with E-state index in [9.17, 15) is 13.6 Å². The van der Waals surface area contributed by atoms with E-state index in [0.29, 0.717) is 15.6 Å². The third-order valence-electron chi connectivity index (χ3n) is 2.74. The summed E-state index contributed by atoms with van der Waals surface area (Å²) in [7, 11) is 0. The number of ether oxygens (including phenoxy) is 1. The Bertz CT molecular complexity index is 660. The molecular formula is C15H10Cl2F2O2. The second-order valence-corrected chi connectivity index (χ2v) is 5.09. The second kappa shape index (κ2) is 6.87. The van der Waals surface area contributed by atoms with Crippen molar-refractivity contribution in [1.29, 1.82) is 0 Å². The van der Waals surface area contributed by atoms with E-state index in [1.807, 2.05) is 0 Å². The molecule has 2 nitrogen and oxygen atoms in total. The van der Waals surface area contributed by atoms with Gasteiger partial charge in [0.1, 0.15) is 5.75 Å². The van der Waals surface area contributed by atoms with Crippen LogP contribution in [0.2, 0.25) is 10.0 Å². The van der Waals surface area contributed by atoms with Crippen LogP contribution < -0.4 is 4.74 Å². The number of ketones is 1. The quantitative estimate of drug-likeness (QED) is 0.719. The highest BCUT2D eigenvalue weighted by Crippen LogP contribution is 2.23. The zero-order valence-corrected chi connectivity index (χ0v) is 12.2. The summed E-state index contributed by atoms with van der Waals surface area (Å²) in [6.07, 6.45) is 0.0253. The average Bonchev–Trinajstić information content (AvgIpc) is 2.42. The Labute approximate surface area is 130 Å². The number of hydrogen-bond acceptors (Lipinski definition) is 2. The predicted molar refractivity (Wildman–Crippen MR) is 77.6 cm³/mol. The molecule has 0 aliphatic carbocycles. The van der Waals surface area contributed by atoms with Crippen LogP contribution in [0.25, 0.3) is 0 Å². The number of benzene rings is 2. The highest BCUT2D eigenvalue weighted by molar-refractivity contribution is 6.33. The van der Waals surface area contributed by atoms with Crippen molar-refractivity contribution in [1.82, 2.24) is 0 Å². The van der Waals surface area contributed by atoms with Crippen molar-refractivity contribution in [3.05, 3.63) is 63.6 Å². The molecule has 0 N–H and O–H groups in total. The maximum absolute atomic E-state index is 12.2. The summed E-state index contributed by atoms with van der Waals surface area (Å²) < 4.78 is 28.6. The van der Waals surface area contributed by atoms with Crippen molar-refractivity contribution in [2.45, 2.75) is 13.0 Å². The van der Waals surface area contributed by atoms with Crippen LogP contribution in [-0.4, -0.2) is 12.4 Å². The lowest BCUT2D eigenvalue weighted by atomic mass is 10.0. The van der Waals surface area contributed by atoms with E-state index >= 15 is 0 Å². The fourth-order valence-electron chi connectivity index (χ4n) is 1.80. The van der Waals surface area contributed by atoms with Crippen molar-refractivity contribution in [2.75, 3.05) is 0 Å². The maximum atomic E-state index is 12.2. The number of hydrogen-bond donors (Lipinski definition) is 0. The summed E-state index contributed by atoms with van der Waals surface area (Å²) >= 11 is 11.8. The minimum atomic E-state index is -2.93. The minimum Gasteiger partial charge on any atom is -0.435 e. The molecule has 0 spiro atoms. The van der Waals surface area contributed by atoms with Crippen molar-refractivity contribution < 1.29 is 18.3 Å². The third-order valence-corrected chi connectivity index (χ3v) is 3.34. The van der Waals surface area contributed by atoms with Gasteiger partial charge in [-0.3, -0.25) is 4.79 Å². The normalized spacial score (nSPS) is 10.7. The summed E-state index contributed by atoms with van der Waals surface area (Å²) in [5.41, 5.74) is 0.846. The molecule has 110 valence electrons. The molecule has 0 bridgehead atoms. The fourth-order valence-corrected chi connectivity index (χ4v) is 2.18. The van der Waals surface area contributed by atoms with Crippen LogP contribution in [0.1, 0.15) is 15.9 Å². The standard InChI is InChI=1S/C15H10Cl2F2O2/c16-11-4-5-13(17)10(6-11)8-14(20)9-2-1-3-12(7-9)21-15(18)19/h1-7,15H,8H2. The highest BCUT2D eigenvalue weighted by atomic mass is 35.5. The van der Waals surface area contributed by atoms with E-state index in [1.165, 1.54) is 24.3 Å². The Morgan fingerprint density at radius 1 is 1.14 bits per heavy atom. The number of carbonyl (C=O) groups is 1. The van der Waals surface area contributed by atoms with Gasteiger partial charge in [-0.2, -0.15) is 8.78 Å². The van der Waals surface area contributed by atoms with Crippen LogP contribution in [0.4, 0.5) is 8.78 Å². The predicted octanol–water partition coefficient (Wildman–Crippen LogP) is 5.02. The fraction of sp³-hybridized carbons (Fsp3) is 0.133. The van der Waals surface area contributed by atoms with Crippen molar-refractivity contribution in [3.63, 3.8) is 0 Å². The second-order valence-electron chi connectivity index (χ2n) is 4.24. The lowest BCUT2D eigenvalue weighted by Gasteiger charge is -2.07. The molecule has 0 saturated heterocycles. The first-order chi connectivity index (χ1) is 9.95. The molecule has 21 heavy (non-hydrogen) atoms. The summed E-state index contributed by atoms with van der Waals surface area (Å²) in [6.45, 7) is -2.93. The molecule has 6 heteroatoms. The van der Waals surface area contributed by atoms with E-state index in [4.69, 9.17) is 23.2 Å². The molecule has 0 fully saturated rings. The molecular weight excluding hydrogens is 321 g/mol. The van der Waals surface area contributed by atoms with Gasteiger partial charge in [0, 0.05) is 22.0 Å². The van der Waals surface area contributed by atoms with Gasteiger partial charge in [-0.05, 0) is 35.9 Å². The van der Waals surface area contributed by atoms with E-state index in [0.717, 1.165) is 0 Å². The van der Waals surface area contributed by atoms with Crippen LogP contribution in [0.15, 0.2) is 42.5 Å². The SMILES string of the molecule is O=C(Cc1cc(Cl)ccc1Cl)c1cccc(OC(F)F)c1. The minimum absolute atomic E-state index is 0.0253. The van der Waals surface area contributed by atoms with Crippen LogP contribution in [0, 0.1) is 0 Å². The molecule has 2 rings (SSSR count). The highest BCUT2D eigenvalue weighted by Gasteiger charge is 2.12. The maximum Gasteiger partial charge on any atom is 0.387 e. The van der Waals surface area contributed by atoms with Gasteiger partial charge in [0.05, 0.1) is 0 Å². The summed E-state index contributed by atoms with van der Waals surface area (Å²) in [6, 6.07) is 10.4. The molecule has 0 radical (unpaired) electrons. The van der Waals surface area contributed by atoms with E-state index in [-0.39, 0.29) is 23.5 Å². The number of alkyl halides is 2. The Kier molecular flexibility index (Phi) is 5.15. The molecule has 0 heterocycles. The lowest BCUT2D eigenvalue weighted by Crippen LogP contribution is -2.06. The van der Waals surface area contributed by atoms with Crippen LogP contribution >= 0.6 is 23.2 Å². The first-order valence-electron chi connectivity index (χ1n) is 5.97. The Balaban J connectivity index is 2.18. The number of halogens is 4.